The second-order valence-corrected chi connectivity index (χ2v) is 3.10. The van der Waals surface area contributed by atoms with E-state index in [1.54, 1.807) is 0 Å². The lowest BCUT2D eigenvalue weighted by molar-refractivity contribution is 0.0698. The quantitative estimate of drug-likeness (QED) is 0.220. The van der Waals surface area contributed by atoms with E-state index in [-0.39, 0.29) is 6.61 Å². The third-order valence-corrected chi connectivity index (χ3v) is 1.55. The summed E-state index contributed by atoms with van der Waals surface area (Å²) >= 11 is 0. The van der Waals surface area contributed by atoms with E-state index < -0.39 is 25.4 Å². The molecular weight excluding hydrogens is 202 g/mol. The summed E-state index contributed by atoms with van der Waals surface area (Å²) in [6, 6.07) is 0. The van der Waals surface area contributed by atoms with Gasteiger partial charge in [-0.1, -0.05) is 0 Å². The van der Waals surface area contributed by atoms with Crippen LogP contribution in [0.15, 0.2) is 0 Å². The molecule has 0 unspecified atom stereocenters. The minimum Gasteiger partial charge on any atom is -0.395 e. The van der Waals surface area contributed by atoms with Gasteiger partial charge in [0.05, 0.1) is 32.0 Å². The molecule has 0 spiro atoms. The van der Waals surface area contributed by atoms with Crippen molar-refractivity contribution in [3.8, 4) is 0 Å². The Bertz CT molecular complexity index is 110. The maximum atomic E-state index is 8.34. The summed E-state index contributed by atoms with van der Waals surface area (Å²) in [5, 5.41) is 36.1. The molecule has 0 amide bonds. The molecule has 0 bridgehead atoms. The summed E-state index contributed by atoms with van der Waals surface area (Å²) in [7, 11) is 0. The fourth-order valence-electron chi connectivity index (χ4n) is 0.456. The lowest BCUT2D eigenvalue weighted by atomic mass is 10.1. The highest BCUT2D eigenvalue weighted by atomic mass is 16.3. The van der Waals surface area contributed by atoms with Gasteiger partial charge >= 0.3 is 0 Å². The SMILES string of the molecule is NC(CO)(CO)CO.NCCNCCO. The molecule has 0 atom stereocenters. The highest BCUT2D eigenvalue weighted by molar-refractivity contribution is 4.80. The monoisotopic (exact) mass is 225 g/mol. The summed E-state index contributed by atoms with van der Waals surface area (Å²) < 4.78 is 0. The highest BCUT2D eigenvalue weighted by Crippen LogP contribution is 1.93. The maximum absolute atomic E-state index is 8.34. The Morgan fingerprint density at radius 3 is 1.60 bits per heavy atom. The molecule has 0 saturated carbocycles. The van der Waals surface area contributed by atoms with Gasteiger partial charge in [-0.15, -0.1) is 0 Å². The van der Waals surface area contributed by atoms with Crippen LogP contribution in [0.25, 0.3) is 0 Å². The molecule has 7 nitrogen and oxygen atoms in total. The van der Waals surface area contributed by atoms with E-state index in [0.29, 0.717) is 13.1 Å². The molecule has 0 rings (SSSR count). The number of nitrogens with two attached hydrogens (primary N) is 2. The minimum absolute atomic E-state index is 0.194. The van der Waals surface area contributed by atoms with Gasteiger partial charge in [-0.05, 0) is 0 Å². The first kappa shape index (κ1) is 17.1. The standard InChI is InChI=1S/C4H12N2O.C4H11NO3/c5-1-2-6-3-4-7;5-4(1-6,2-7)3-8/h6-7H,1-5H2;6-8H,1-3,5H2. The van der Waals surface area contributed by atoms with Crippen molar-refractivity contribution < 1.29 is 20.4 Å². The van der Waals surface area contributed by atoms with E-state index in [9.17, 15) is 0 Å². The van der Waals surface area contributed by atoms with E-state index in [2.05, 4.69) is 5.32 Å². The summed E-state index contributed by atoms with van der Waals surface area (Å²) in [4.78, 5) is 0. The molecule has 0 aromatic rings. The van der Waals surface area contributed by atoms with Crippen molar-refractivity contribution >= 4 is 0 Å². The largest absolute Gasteiger partial charge is 0.395 e. The summed E-state index contributed by atoms with van der Waals surface area (Å²) in [6.07, 6.45) is 0. The molecule has 0 aromatic heterocycles. The average molecular weight is 225 g/mol. The van der Waals surface area contributed by atoms with E-state index in [0.717, 1.165) is 6.54 Å². The Kier molecular flexibility index (Phi) is 13.5. The van der Waals surface area contributed by atoms with Crippen LogP contribution in [0.1, 0.15) is 0 Å². The van der Waals surface area contributed by atoms with Crippen LogP contribution < -0.4 is 16.8 Å². The van der Waals surface area contributed by atoms with E-state index in [1.165, 1.54) is 0 Å². The van der Waals surface area contributed by atoms with E-state index in [4.69, 9.17) is 31.9 Å². The van der Waals surface area contributed by atoms with Gasteiger partial charge in [-0.3, -0.25) is 0 Å². The van der Waals surface area contributed by atoms with Gasteiger partial charge in [-0.2, -0.15) is 0 Å². The third kappa shape index (κ3) is 11.6. The van der Waals surface area contributed by atoms with Crippen LogP contribution in [-0.4, -0.2) is 72.0 Å². The number of hydrogen-bond donors (Lipinski definition) is 7. The second kappa shape index (κ2) is 11.8. The lowest BCUT2D eigenvalue weighted by Gasteiger charge is -2.20. The van der Waals surface area contributed by atoms with Crippen molar-refractivity contribution in [1.29, 1.82) is 0 Å². The fraction of sp³-hybridized carbons (Fsp3) is 1.00. The summed E-state index contributed by atoms with van der Waals surface area (Å²) in [5.74, 6) is 0. The molecule has 15 heavy (non-hydrogen) atoms. The van der Waals surface area contributed by atoms with Crippen LogP contribution in [0, 0.1) is 0 Å². The molecule has 0 aromatic carbocycles. The van der Waals surface area contributed by atoms with Gasteiger partial charge < -0.3 is 37.2 Å². The van der Waals surface area contributed by atoms with Gasteiger partial charge in [0.15, 0.2) is 0 Å². The van der Waals surface area contributed by atoms with Crippen LogP contribution in [0.5, 0.6) is 0 Å². The van der Waals surface area contributed by atoms with Gasteiger partial charge in [0.25, 0.3) is 0 Å². The zero-order valence-corrected chi connectivity index (χ0v) is 8.89. The first-order valence-corrected chi connectivity index (χ1v) is 4.73. The molecule has 7 heteroatoms. The summed E-state index contributed by atoms with van der Waals surface area (Å²) in [6.45, 7) is 1.07. The van der Waals surface area contributed by atoms with Gasteiger partial charge in [0.1, 0.15) is 0 Å². The molecular formula is C8H23N3O4. The van der Waals surface area contributed by atoms with Crippen molar-refractivity contribution in [2.24, 2.45) is 11.5 Å². The van der Waals surface area contributed by atoms with Crippen molar-refractivity contribution in [3.63, 3.8) is 0 Å². The molecule has 0 aliphatic heterocycles. The van der Waals surface area contributed by atoms with Crippen LogP contribution in [0.4, 0.5) is 0 Å². The van der Waals surface area contributed by atoms with Gasteiger partial charge in [0, 0.05) is 19.6 Å². The topological polar surface area (TPSA) is 145 Å². The Morgan fingerprint density at radius 1 is 0.933 bits per heavy atom. The zero-order chi connectivity index (χ0) is 12.2. The Morgan fingerprint density at radius 2 is 1.40 bits per heavy atom. The molecule has 0 saturated heterocycles. The van der Waals surface area contributed by atoms with E-state index in [1.807, 2.05) is 0 Å². The van der Waals surface area contributed by atoms with Crippen LogP contribution in [-0.2, 0) is 0 Å². The molecule has 9 N–H and O–H groups in total. The predicted molar refractivity (Wildman–Crippen MR) is 57.2 cm³/mol. The fourth-order valence-corrected chi connectivity index (χ4v) is 0.456. The normalized spacial score (nSPS) is 10.8. The number of rotatable bonds is 7. The molecule has 94 valence electrons. The Balaban J connectivity index is 0. The zero-order valence-electron chi connectivity index (χ0n) is 8.89. The Hall–Kier alpha value is -0.280. The van der Waals surface area contributed by atoms with Gasteiger partial charge in [-0.25, -0.2) is 0 Å². The minimum atomic E-state index is -1.21. The summed E-state index contributed by atoms with van der Waals surface area (Å²) in [5.41, 5.74) is 9.06. The molecule has 0 heterocycles. The average Bonchev–Trinajstić information content (AvgIpc) is 2.30. The Labute approximate surface area is 89.7 Å². The molecule has 0 fully saturated rings. The van der Waals surface area contributed by atoms with Crippen molar-refractivity contribution in [1.82, 2.24) is 5.32 Å². The van der Waals surface area contributed by atoms with Crippen LogP contribution in [0.2, 0.25) is 0 Å². The number of nitrogens with one attached hydrogen (secondary N) is 1. The third-order valence-electron chi connectivity index (χ3n) is 1.55. The molecule has 0 radical (unpaired) electrons. The van der Waals surface area contributed by atoms with Crippen molar-refractivity contribution in [3.05, 3.63) is 0 Å². The highest BCUT2D eigenvalue weighted by Gasteiger charge is 2.20. The second-order valence-electron chi connectivity index (χ2n) is 3.10. The number of hydrogen-bond acceptors (Lipinski definition) is 7. The van der Waals surface area contributed by atoms with Crippen LogP contribution >= 0.6 is 0 Å². The first-order chi connectivity index (χ1) is 7.10. The maximum Gasteiger partial charge on any atom is 0.0856 e. The van der Waals surface area contributed by atoms with Crippen molar-refractivity contribution in [2.45, 2.75) is 5.54 Å². The lowest BCUT2D eigenvalue weighted by Crippen LogP contribution is -2.50. The smallest absolute Gasteiger partial charge is 0.0856 e. The number of aliphatic hydroxyl groups excluding tert-OH is 4. The van der Waals surface area contributed by atoms with Crippen molar-refractivity contribution in [2.75, 3.05) is 46.1 Å². The number of aliphatic hydroxyl groups is 4. The first-order valence-electron chi connectivity index (χ1n) is 4.73. The molecule has 0 aliphatic rings. The van der Waals surface area contributed by atoms with Gasteiger partial charge in [0.2, 0.25) is 0 Å². The van der Waals surface area contributed by atoms with E-state index >= 15 is 0 Å². The molecule has 0 aliphatic carbocycles. The predicted octanol–water partition coefficient (Wildman–Crippen LogP) is -3.81. The van der Waals surface area contributed by atoms with Crippen LogP contribution in [0.3, 0.4) is 0 Å².